The van der Waals surface area contributed by atoms with Crippen molar-refractivity contribution < 1.29 is 4.79 Å². The van der Waals surface area contributed by atoms with Gasteiger partial charge in [0, 0.05) is 62.2 Å². The first-order valence-electron chi connectivity index (χ1n) is 16.2. The number of rotatable bonds is 8. The fraction of sp³-hybridized carbons (Fsp3) is 0.471. The zero-order valence-electron chi connectivity index (χ0n) is 25.2. The minimum atomic E-state index is 0.0703. The van der Waals surface area contributed by atoms with Crippen LogP contribution in [-0.2, 0) is 11.2 Å². The SMILES string of the molecule is O=C(Cc1ccccc1)NC1CC(n2cnc3c(Nc4ccc(N5CCN(C6CC7(CCNC7)C6)CC5)cc4)ncnc32)C1. The largest absolute Gasteiger partial charge is 0.369 e. The first-order valence-corrected chi connectivity index (χ1v) is 16.2. The maximum atomic E-state index is 12.5. The first-order chi connectivity index (χ1) is 21.6. The van der Waals surface area contributed by atoms with E-state index in [1.165, 1.54) is 38.0 Å². The fourth-order valence-corrected chi connectivity index (χ4v) is 7.78. The Morgan fingerprint density at radius 2 is 1.73 bits per heavy atom. The molecule has 228 valence electrons. The van der Waals surface area contributed by atoms with Crippen molar-refractivity contribution in [1.82, 2.24) is 35.1 Å². The van der Waals surface area contributed by atoms with Crippen LogP contribution in [0.1, 0.15) is 43.7 Å². The van der Waals surface area contributed by atoms with E-state index in [0.717, 1.165) is 67.5 Å². The molecule has 1 spiro atoms. The molecular formula is C34H41N9O. The van der Waals surface area contributed by atoms with Crippen molar-refractivity contribution >= 4 is 34.3 Å². The molecule has 0 atom stereocenters. The van der Waals surface area contributed by atoms with Crippen molar-refractivity contribution in [3.63, 3.8) is 0 Å². The molecule has 4 aromatic rings. The molecule has 0 unspecified atom stereocenters. The lowest BCUT2D eigenvalue weighted by molar-refractivity contribution is -0.121. The van der Waals surface area contributed by atoms with Crippen LogP contribution in [0.4, 0.5) is 17.2 Å². The van der Waals surface area contributed by atoms with Crippen molar-refractivity contribution in [3.8, 4) is 0 Å². The average molecular weight is 592 g/mol. The predicted molar refractivity (Wildman–Crippen MR) is 172 cm³/mol. The molecule has 10 nitrogen and oxygen atoms in total. The maximum Gasteiger partial charge on any atom is 0.224 e. The molecule has 44 heavy (non-hydrogen) atoms. The Morgan fingerprint density at radius 1 is 0.932 bits per heavy atom. The van der Waals surface area contributed by atoms with Gasteiger partial charge < -0.3 is 25.4 Å². The lowest BCUT2D eigenvalue weighted by Crippen LogP contribution is -2.57. The zero-order chi connectivity index (χ0) is 29.5. The number of anilines is 3. The van der Waals surface area contributed by atoms with Gasteiger partial charge in [-0.25, -0.2) is 15.0 Å². The van der Waals surface area contributed by atoms with E-state index in [0.29, 0.717) is 17.7 Å². The Labute approximate surface area is 258 Å². The predicted octanol–water partition coefficient (Wildman–Crippen LogP) is 3.90. The number of aromatic nitrogens is 4. The number of hydrogen-bond donors (Lipinski definition) is 3. The van der Waals surface area contributed by atoms with E-state index in [-0.39, 0.29) is 18.0 Å². The number of nitrogens with one attached hydrogen (secondary N) is 3. The van der Waals surface area contributed by atoms with Gasteiger partial charge in [-0.1, -0.05) is 30.3 Å². The third kappa shape index (κ3) is 5.41. The van der Waals surface area contributed by atoms with Crippen molar-refractivity contribution in [1.29, 1.82) is 0 Å². The van der Waals surface area contributed by atoms with Gasteiger partial charge in [-0.15, -0.1) is 0 Å². The van der Waals surface area contributed by atoms with Gasteiger partial charge in [0.1, 0.15) is 6.33 Å². The van der Waals surface area contributed by atoms with E-state index in [1.54, 1.807) is 6.33 Å². The van der Waals surface area contributed by atoms with Crippen LogP contribution in [-0.4, -0.2) is 81.7 Å². The molecular weight excluding hydrogens is 550 g/mol. The highest BCUT2D eigenvalue weighted by molar-refractivity contribution is 5.85. The van der Waals surface area contributed by atoms with Gasteiger partial charge in [-0.3, -0.25) is 9.69 Å². The highest BCUT2D eigenvalue weighted by Gasteiger charge is 2.48. The lowest BCUT2D eigenvalue weighted by atomic mass is 9.64. The number of carbonyl (C=O) groups excluding carboxylic acids is 1. The first kappa shape index (κ1) is 27.5. The van der Waals surface area contributed by atoms with Gasteiger partial charge in [-0.2, -0.15) is 0 Å². The third-order valence-electron chi connectivity index (χ3n) is 10.4. The molecule has 2 aromatic carbocycles. The average Bonchev–Trinajstić information content (AvgIpc) is 3.68. The van der Waals surface area contributed by atoms with E-state index in [2.05, 4.69) is 69.5 Å². The topological polar surface area (TPSA) is 103 Å². The Balaban J connectivity index is 0.845. The van der Waals surface area contributed by atoms with Gasteiger partial charge in [0.2, 0.25) is 5.91 Å². The second-order valence-electron chi connectivity index (χ2n) is 13.3. The van der Waals surface area contributed by atoms with Gasteiger partial charge in [0.25, 0.3) is 0 Å². The number of benzene rings is 2. The number of piperazine rings is 1. The summed E-state index contributed by atoms with van der Waals surface area (Å²) >= 11 is 0. The molecule has 4 aliphatic rings. The van der Waals surface area contributed by atoms with E-state index in [9.17, 15) is 4.79 Å². The van der Waals surface area contributed by atoms with Crippen molar-refractivity contribution in [2.24, 2.45) is 5.41 Å². The Bertz CT molecular complexity index is 1590. The molecule has 8 rings (SSSR count). The number of imidazole rings is 1. The van der Waals surface area contributed by atoms with Crippen LogP contribution in [0.3, 0.4) is 0 Å². The van der Waals surface area contributed by atoms with Crippen LogP contribution in [0.5, 0.6) is 0 Å². The lowest BCUT2D eigenvalue weighted by Gasteiger charge is -2.52. The van der Waals surface area contributed by atoms with Crippen LogP contribution < -0.4 is 20.9 Å². The summed E-state index contributed by atoms with van der Waals surface area (Å²) in [6.45, 7) is 6.89. The normalized spacial score (nSPS) is 26.8. The number of carbonyl (C=O) groups is 1. The van der Waals surface area contributed by atoms with E-state index in [1.807, 2.05) is 36.7 Å². The molecule has 2 aliphatic carbocycles. The van der Waals surface area contributed by atoms with Crippen molar-refractivity contribution in [3.05, 3.63) is 72.8 Å². The summed E-state index contributed by atoms with van der Waals surface area (Å²) in [6, 6.07) is 19.8. The van der Waals surface area contributed by atoms with E-state index >= 15 is 0 Å². The molecule has 2 saturated carbocycles. The van der Waals surface area contributed by atoms with Gasteiger partial charge in [0.15, 0.2) is 17.0 Å². The molecule has 0 radical (unpaired) electrons. The van der Waals surface area contributed by atoms with Crippen LogP contribution in [0.25, 0.3) is 11.2 Å². The molecule has 1 amide bonds. The molecule has 2 saturated heterocycles. The monoisotopic (exact) mass is 591 g/mol. The molecule has 10 heteroatoms. The molecule has 0 bridgehead atoms. The summed E-state index contributed by atoms with van der Waals surface area (Å²) in [5.41, 5.74) is 5.47. The summed E-state index contributed by atoms with van der Waals surface area (Å²) in [5, 5.41) is 10.2. The second kappa shape index (κ2) is 11.5. The van der Waals surface area contributed by atoms with Crippen molar-refractivity contribution in [2.75, 3.05) is 49.5 Å². The fourth-order valence-electron chi connectivity index (χ4n) is 7.78. The Kier molecular flexibility index (Phi) is 7.18. The molecule has 4 heterocycles. The summed E-state index contributed by atoms with van der Waals surface area (Å²) in [7, 11) is 0. The smallest absolute Gasteiger partial charge is 0.224 e. The molecule has 4 fully saturated rings. The molecule has 2 aliphatic heterocycles. The number of amides is 1. The third-order valence-corrected chi connectivity index (χ3v) is 10.4. The van der Waals surface area contributed by atoms with E-state index < -0.39 is 0 Å². The minimum Gasteiger partial charge on any atom is -0.369 e. The highest BCUT2D eigenvalue weighted by Crippen LogP contribution is 2.48. The number of hydrogen-bond acceptors (Lipinski definition) is 8. The molecule has 2 aromatic heterocycles. The summed E-state index contributed by atoms with van der Waals surface area (Å²) in [6.07, 6.45) is 9.72. The van der Waals surface area contributed by atoms with E-state index in [4.69, 9.17) is 0 Å². The zero-order valence-corrected chi connectivity index (χ0v) is 25.2. The van der Waals surface area contributed by atoms with Crippen LogP contribution >= 0.6 is 0 Å². The van der Waals surface area contributed by atoms with Crippen LogP contribution in [0.15, 0.2) is 67.3 Å². The molecule has 3 N–H and O–H groups in total. The van der Waals surface area contributed by atoms with Crippen LogP contribution in [0.2, 0.25) is 0 Å². The van der Waals surface area contributed by atoms with Gasteiger partial charge >= 0.3 is 0 Å². The van der Waals surface area contributed by atoms with Crippen molar-refractivity contribution in [2.45, 2.75) is 56.7 Å². The van der Waals surface area contributed by atoms with Crippen LogP contribution in [0, 0.1) is 5.41 Å². The summed E-state index contributed by atoms with van der Waals surface area (Å²) in [4.78, 5) is 31.5. The number of nitrogens with zero attached hydrogens (tertiary/aromatic N) is 6. The van der Waals surface area contributed by atoms with Gasteiger partial charge in [0.05, 0.1) is 12.7 Å². The standard InChI is InChI=1S/C34H41N9O/c44-30(16-24-4-2-1-3-5-24)39-26-17-28(18-26)43-23-38-31-32(36-22-37-33(31)43)40-25-6-8-27(9-7-25)41-12-14-42(15-13-41)29-19-34(20-29)10-11-35-21-34/h1-9,22-23,26,28-29,35H,10-21H2,(H,39,44)(H,36,37,40). The van der Waals surface area contributed by atoms with Gasteiger partial charge in [-0.05, 0) is 73.9 Å². The highest BCUT2D eigenvalue weighted by atomic mass is 16.1. The maximum absolute atomic E-state index is 12.5. The Hall–Kier alpha value is -4.02. The minimum absolute atomic E-state index is 0.0703. The second-order valence-corrected chi connectivity index (χ2v) is 13.3. The quantitative estimate of drug-likeness (QED) is 0.284. The number of fused-ring (bicyclic) bond motifs is 1. The summed E-state index contributed by atoms with van der Waals surface area (Å²) in [5.74, 6) is 0.777. The summed E-state index contributed by atoms with van der Waals surface area (Å²) < 4.78 is 2.12. The Morgan fingerprint density at radius 3 is 2.48 bits per heavy atom.